The predicted molar refractivity (Wildman–Crippen MR) is 73.5 cm³/mol. The molecule has 3 atom stereocenters. The van der Waals surface area contributed by atoms with Crippen LogP contribution in [0.3, 0.4) is 0 Å². The van der Waals surface area contributed by atoms with E-state index in [-0.39, 0.29) is 11.6 Å². The molecule has 0 aromatic heterocycles. The van der Waals surface area contributed by atoms with Crippen LogP contribution in [0.15, 0.2) is 24.3 Å². The topological polar surface area (TPSA) is 35.2 Å². The maximum Gasteiger partial charge on any atom is 0.124 e. The molecule has 1 heterocycles. The van der Waals surface area contributed by atoms with Gasteiger partial charge >= 0.3 is 0 Å². The average Bonchev–Trinajstić information content (AvgIpc) is 2.26. The summed E-state index contributed by atoms with van der Waals surface area (Å²) in [6.07, 6.45) is 4.60. The molecular formula is C16H23NO. The van der Waals surface area contributed by atoms with Crippen molar-refractivity contribution in [2.24, 2.45) is 17.6 Å². The van der Waals surface area contributed by atoms with Crippen LogP contribution in [0.2, 0.25) is 0 Å². The van der Waals surface area contributed by atoms with Gasteiger partial charge in [0, 0.05) is 18.0 Å². The van der Waals surface area contributed by atoms with Crippen molar-refractivity contribution in [1.29, 1.82) is 0 Å². The van der Waals surface area contributed by atoms with Gasteiger partial charge in [-0.05, 0) is 37.2 Å². The molecule has 1 aromatic carbocycles. The Balaban J connectivity index is 1.93. The number of hydrogen-bond acceptors (Lipinski definition) is 2. The molecule has 18 heavy (non-hydrogen) atoms. The van der Waals surface area contributed by atoms with Gasteiger partial charge in [0.05, 0.1) is 0 Å². The Hall–Kier alpha value is -1.02. The van der Waals surface area contributed by atoms with E-state index in [9.17, 15) is 0 Å². The summed E-state index contributed by atoms with van der Waals surface area (Å²) in [6.45, 7) is 4.68. The monoisotopic (exact) mass is 245 g/mol. The Morgan fingerprint density at radius 1 is 1.11 bits per heavy atom. The molecule has 0 bridgehead atoms. The first-order valence-corrected chi connectivity index (χ1v) is 7.11. The summed E-state index contributed by atoms with van der Waals surface area (Å²) in [5.74, 6) is 2.50. The summed E-state index contributed by atoms with van der Waals surface area (Å²) in [5, 5.41) is 0. The molecule has 0 radical (unpaired) electrons. The lowest BCUT2D eigenvalue weighted by molar-refractivity contribution is -0.0311. The summed E-state index contributed by atoms with van der Waals surface area (Å²) in [4.78, 5) is 0. The third kappa shape index (κ3) is 2.03. The van der Waals surface area contributed by atoms with Crippen LogP contribution in [0.4, 0.5) is 0 Å². The molecule has 2 heteroatoms. The molecule has 2 N–H and O–H groups in total. The van der Waals surface area contributed by atoms with Crippen LogP contribution in [0.1, 0.15) is 51.1 Å². The van der Waals surface area contributed by atoms with Crippen LogP contribution >= 0.6 is 0 Å². The molecule has 2 nitrogen and oxygen atoms in total. The lowest BCUT2D eigenvalue weighted by Gasteiger charge is -2.47. The number of ether oxygens (including phenoxy) is 1. The summed E-state index contributed by atoms with van der Waals surface area (Å²) in [7, 11) is 0. The molecule has 98 valence electrons. The molecular weight excluding hydrogens is 222 g/mol. The minimum atomic E-state index is -0.00907. The molecule has 1 fully saturated rings. The first-order valence-electron chi connectivity index (χ1n) is 7.11. The zero-order valence-electron chi connectivity index (χ0n) is 11.4. The molecule has 1 aliphatic heterocycles. The van der Waals surface area contributed by atoms with Crippen LogP contribution in [0.5, 0.6) is 5.75 Å². The van der Waals surface area contributed by atoms with Crippen molar-refractivity contribution in [2.45, 2.75) is 51.2 Å². The quantitative estimate of drug-likeness (QED) is 0.757. The number of rotatable bonds is 0. The van der Waals surface area contributed by atoms with Crippen LogP contribution in [0, 0.1) is 11.8 Å². The maximum atomic E-state index is 6.39. The van der Waals surface area contributed by atoms with Gasteiger partial charge in [0.2, 0.25) is 0 Å². The van der Waals surface area contributed by atoms with E-state index in [0.29, 0.717) is 0 Å². The van der Waals surface area contributed by atoms with Crippen molar-refractivity contribution in [2.75, 3.05) is 0 Å². The van der Waals surface area contributed by atoms with Gasteiger partial charge in [-0.2, -0.15) is 0 Å². The number of hydrogen-bond donors (Lipinski definition) is 1. The fraction of sp³-hybridized carbons (Fsp3) is 0.625. The Morgan fingerprint density at radius 3 is 2.50 bits per heavy atom. The van der Waals surface area contributed by atoms with E-state index in [2.05, 4.69) is 26.0 Å². The molecule has 1 aromatic rings. The Bertz CT molecular complexity index is 432. The normalized spacial score (nSPS) is 39.2. The van der Waals surface area contributed by atoms with Crippen molar-refractivity contribution >= 4 is 0 Å². The molecule has 2 aliphatic rings. The SMILES string of the molecule is CC1CC(C)CC2(C1)C[C@H](N)c1ccccc1O2. The third-order valence-electron chi connectivity index (χ3n) is 4.48. The van der Waals surface area contributed by atoms with E-state index in [1.807, 2.05) is 12.1 Å². The van der Waals surface area contributed by atoms with Crippen LogP contribution in [-0.4, -0.2) is 5.60 Å². The minimum Gasteiger partial charge on any atom is -0.487 e. The zero-order valence-corrected chi connectivity index (χ0v) is 11.4. The molecule has 3 rings (SSSR count). The van der Waals surface area contributed by atoms with Crippen LogP contribution in [-0.2, 0) is 0 Å². The molecule has 2 unspecified atom stereocenters. The smallest absolute Gasteiger partial charge is 0.124 e. The van der Waals surface area contributed by atoms with Gasteiger partial charge in [0.15, 0.2) is 0 Å². The maximum absolute atomic E-state index is 6.39. The number of benzene rings is 1. The lowest BCUT2D eigenvalue weighted by Crippen LogP contribution is -2.47. The average molecular weight is 245 g/mol. The first-order chi connectivity index (χ1) is 8.58. The van der Waals surface area contributed by atoms with Gasteiger partial charge in [-0.25, -0.2) is 0 Å². The Morgan fingerprint density at radius 2 is 1.78 bits per heavy atom. The highest BCUT2D eigenvalue weighted by Crippen LogP contribution is 2.47. The fourth-order valence-electron chi connectivity index (χ4n) is 4.12. The van der Waals surface area contributed by atoms with E-state index >= 15 is 0 Å². The van der Waals surface area contributed by atoms with Crippen LogP contribution < -0.4 is 10.5 Å². The minimum absolute atomic E-state index is 0.00907. The van der Waals surface area contributed by atoms with Gasteiger partial charge in [0.1, 0.15) is 11.4 Å². The second-order valence-electron chi connectivity index (χ2n) is 6.49. The zero-order chi connectivity index (χ0) is 12.8. The standard InChI is InChI=1S/C16H23NO/c1-11-7-12(2)9-16(8-11)10-14(17)13-5-3-4-6-15(13)18-16/h3-6,11-12,14H,7-10,17H2,1-2H3/t11?,12?,14-,16?/m0/s1. The number of nitrogens with two attached hydrogens (primary N) is 1. The number of para-hydroxylation sites is 1. The summed E-state index contributed by atoms with van der Waals surface area (Å²) in [5.41, 5.74) is 7.53. The second-order valence-corrected chi connectivity index (χ2v) is 6.49. The first kappa shape index (κ1) is 12.0. The lowest BCUT2D eigenvalue weighted by atomic mass is 9.69. The van der Waals surface area contributed by atoms with Gasteiger partial charge in [-0.15, -0.1) is 0 Å². The highest BCUT2D eigenvalue weighted by atomic mass is 16.5. The van der Waals surface area contributed by atoms with Crippen molar-refractivity contribution in [3.8, 4) is 5.75 Å². The highest BCUT2D eigenvalue weighted by molar-refractivity contribution is 5.38. The van der Waals surface area contributed by atoms with Crippen molar-refractivity contribution in [3.05, 3.63) is 29.8 Å². The van der Waals surface area contributed by atoms with Gasteiger partial charge in [0.25, 0.3) is 0 Å². The third-order valence-corrected chi connectivity index (χ3v) is 4.48. The van der Waals surface area contributed by atoms with E-state index in [1.54, 1.807) is 0 Å². The van der Waals surface area contributed by atoms with E-state index in [4.69, 9.17) is 10.5 Å². The predicted octanol–water partition coefficient (Wildman–Crippen LogP) is 3.66. The second kappa shape index (κ2) is 4.27. The van der Waals surface area contributed by atoms with Gasteiger partial charge < -0.3 is 10.5 Å². The molecule has 1 aliphatic carbocycles. The van der Waals surface area contributed by atoms with Crippen molar-refractivity contribution in [3.63, 3.8) is 0 Å². The van der Waals surface area contributed by atoms with Crippen molar-refractivity contribution < 1.29 is 4.74 Å². The Labute approximate surface area is 110 Å². The largest absolute Gasteiger partial charge is 0.487 e. The van der Waals surface area contributed by atoms with Crippen molar-refractivity contribution in [1.82, 2.24) is 0 Å². The van der Waals surface area contributed by atoms with E-state index < -0.39 is 0 Å². The van der Waals surface area contributed by atoms with Gasteiger partial charge in [-0.1, -0.05) is 32.0 Å². The van der Waals surface area contributed by atoms with Crippen LogP contribution in [0.25, 0.3) is 0 Å². The number of fused-ring (bicyclic) bond motifs is 1. The molecule has 1 spiro atoms. The van der Waals surface area contributed by atoms with E-state index in [0.717, 1.165) is 36.8 Å². The molecule has 1 saturated carbocycles. The van der Waals surface area contributed by atoms with E-state index in [1.165, 1.54) is 12.0 Å². The fourth-order valence-corrected chi connectivity index (χ4v) is 4.12. The van der Waals surface area contributed by atoms with Gasteiger partial charge in [-0.3, -0.25) is 0 Å². The Kier molecular flexibility index (Phi) is 2.86. The molecule has 0 saturated heterocycles. The molecule has 0 amide bonds. The summed E-state index contributed by atoms with van der Waals surface area (Å²) >= 11 is 0. The summed E-state index contributed by atoms with van der Waals surface area (Å²) in [6, 6.07) is 8.39. The summed E-state index contributed by atoms with van der Waals surface area (Å²) < 4.78 is 6.39. The highest BCUT2D eigenvalue weighted by Gasteiger charge is 2.44.